The average Bonchev–Trinajstić information content (AvgIpc) is 3.37. The van der Waals surface area contributed by atoms with Crippen LogP contribution in [0.3, 0.4) is 0 Å². The lowest BCUT2D eigenvalue weighted by Crippen LogP contribution is -2.37. The van der Waals surface area contributed by atoms with Gasteiger partial charge in [0.15, 0.2) is 0 Å². The Kier molecular flexibility index (Phi) is 3.31. The topological polar surface area (TPSA) is 49.8 Å². The van der Waals surface area contributed by atoms with E-state index in [-0.39, 0.29) is 5.91 Å². The molecule has 0 radical (unpaired) electrons. The van der Waals surface area contributed by atoms with Gasteiger partial charge in [-0.2, -0.15) is 0 Å². The van der Waals surface area contributed by atoms with Gasteiger partial charge in [-0.1, -0.05) is 24.3 Å². The molecule has 1 atom stereocenters. The zero-order valence-electron chi connectivity index (χ0n) is 13.3. The van der Waals surface area contributed by atoms with Gasteiger partial charge in [-0.15, -0.1) is 0 Å². The van der Waals surface area contributed by atoms with Crippen LogP contribution in [-0.4, -0.2) is 41.7 Å². The summed E-state index contributed by atoms with van der Waals surface area (Å²) in [6, 6.07) is 11.5. The summed E-state index contributed by atoms with van der Waals surface area (Å²) in [5, 5.41) is 12.5. The van der Waals surface area contributed by atoms with E-state index in [1.165, 1.54) is 0 Å². The van der Waals surface area contributed by atoms with Gasteiger partial charge in [0.2, 0.25) is 0 Å². The SMILES string of the molecule is COc1ccc(C(=O)N2CCC(O)(C3CC3)C2)c2ccccc12. The molecule has 1 aliphatic carbocycles. The van der Waals surface area contributed by atoms with E-state index in [4.69, 9.17) is 4.74 Å². The molecule has 2 aromatic carbocycles. The van der Waals surface area contributed by atoms with Crippen LogP contribution in [-0.2, 0) is 0 Å². The van der Waals surface area contributed by atoms with Gasteiger partial charge in [-0.25, -0.2) is 0 Å². The van der Waals surface area contributed by atoms with Crippen molar-refractivity contribution in [3.8, 4) is 5.75 Å². The largest absolute Gasteiger partial charge is 0.496 e. The number of ether oxygens (including phenoxy) is 1. The molecule has 0 spiro atoms. The van der Waals surface area contributed by atoms with E-state index in [0.29, 0.717) is 31.0 Å². The molecule has 2 aliphatic rings. The normalized spacial score (nSPS) is 24.2. The molecule has 0 aromatic heterocycles. The number of methoxy groups -OCH3 is 1. The van der Waals surface area contributed by atoms with Crippen LogP contribution in [0.2, 0.25) is 0 Å². The first kappa shape index (κ1) is 14.5. The highest BCUT2D eigenvalue weighted by atomic mass is 16.5. The number of carbonyl (C=O) groups excluding carboxylic acids is 1. The van der Waals surface area contributed by atoms with Gasteiger partial charge in [0.1, 0.15) is 5.75 Å². The fourth-order valence-corrected chi connectivity index (χ4v) is 3.75. The van der Waals surface area contributed by atoms with Crippen molar-refractivity contribution in [2.75, 3.05) is 20.2 Å². The van der Waals surface area contributed by atoms with E-state index in [1.807, 2.05) is 36.4 Å². The molecule has 1 saturated carbocycles. The number of amides is 1. The van der Waals surface area contributed by atoms with Crippen molar-refractivity contribution < 1.29 is 14.6 Å². The number of fused-ring (bicyclic) bond motifs is 1. The number of carbonyl (C=O) groups is 1. The van der Waals surface area contributed by atoms with E-state index in [9.17, 15) is 9.90 Å². The van der Waals surface area contributed by atoms with E-state index in [0.717, 1.165) is 29.4 Å². The van der Waals surface area contributed by atoms with Crippen LogP contribution >= 0.6 is 0 Å². The maximum absolute atomic E-state index is 13.0. The third-order valence-corrected chi connectivity index (χ3v) is 5.24. The lowest BCUT2D eigenvalue weighted by atomic mass is 9.97. The highest BCUT2D eigenvalue weighted by Gasteiger charge is 2.49. The van der Waals surface area contributed by atoms with Gasteiger partial charge < -0.3 is 14.7 Å². The molecule has 120 valence electrons. The number of nitrogens with zero attached hydrogens (tertiary/aromatic N) is 1. The van der Waals surface area contributed by atoms with Gasteiger partial charge in [0.05, 0.1) is 19.3 Å². The number of hydrogen-bond acceptors (Lipinski definition) is 3. The molecule has 1 unspecified atom stereocenters. The quantitative estimate of drug-likeness (QED) is 0.948. The lowest BCUT2D eigenvalue weighted by molar-refractivity contribution is 0.0257. The fraction of sp³-hybridized carbons (Fsp3) is 0.421. The van der Waals surface area contributed by atoms with Crippen molar-refractivity contribution in [3.05, 3.63) is 42.0 Å². The Balaban J connectivity index is 1.68. The predicted octanol–water partition coefficient (Wildman–Crippen LogP) is 2.84. The second kappa shape index (κ2) is 5.24. The predicted molar refractivity (Wildman–Crippen MR) is 88.7 cm³/mol. The molecule has 1 saturated heterocycles. The number of benzene rings is 2. The summed E-state index contributed by atoms with van der Waals surface area (Å²) in [5.74, 6) is 1.15. The van der Waals surface area contributed by atoms with Crippen LogP contribution in [0.1, 0.15) is 29.6 Å². The Labute approximate surface area is 135 Å². The molecule has 2 fully saturated rings. The Morgan fingerprint density at radius 1 is 1.22 bits per heavy atom. The van der Waals surface area contributed by atoms with Gasteiger partial charge in [-0.3, -0.25) is 4.79 Å². The third-order valence-electron chi connectivity index (χ3n) is 5.24. The maximum atomic E-state index is 13.0. The number of aliphatic hydroxyl groups is 1. The van der Waals surface area contributed by atoms with Crippen molar-refractivity contribution in [2.45, 2.75) is 24.9 Å². The monoisotopic (exact) mass is 311 g/mol. The van der Waals surface area contributed by atoms with Crippen molar-refractivity contribution >= 4 is 16.7 Å². The van der Waals surface area contributed by atoms with Crippen molar-refractivity contribution in [2.24, 2.45) is 5.92 Å². The molecular weight excluding hydrogens is 290 g/mol. The highest BCUT2D eigenvalue weighted by molar-refractivity contribution is 6.08. The molecule has 1 amide bonds. The Hall–Kier alpha value is -2.07. The summed E-state index contributed by atoms with van der Waals surface area (Å²) in [5.41, 5.74) is 0.0132. The van der Waals surface area contributed by atoms with Crippen LogP contribution in [0, 0.1) is 5.92 Å². The molecule has 4 heteroatoms. The van der Waals surface area contributed by atoms with E-state index >= 15 is 0 Å². The van der Waals surface area contributed by atoms with Gasteiger partial charge in [0.25, 0.3) is 5.91 Å². The standard InChI is InChI=1S/C19H21NO3/c1-23-17-9-8-16(14-4-2-3-5-15(14)17)18(21)20-11-10-19(22,12-20)13-6-7-13/h2-5,8-9,13,22H,6-7,10-12H2,1H3. The van der Waals surface area contributed by atoms with Crippen LogP contribution < -0.4 is 4.74 Å². The molecule has 23 heavy (non-hydrogen) atoms. The molecule has 4 rings (SSSR count). The second-order valence-corrected chi connectivity index (χ2v) is 6.72. The summed E-state index contributed by atoms with van der Waals surface area (Å²) in [6.45, 7) is 1.09. The zero-order valence-corrected chi connectivity index (χ0v) is 13.3. The van der Waals surface area contributed by atoms with Crippen molar-refractivity contribution in [1.82, 2.24) is 4.90 Å². The van der Waals surface area contributed by atoms with E-state index in [1.54, 1.807) is 12.0 Å². The minimum Gasteiger partial charge on any atom is -0.496 e. The first-order chi connectivity index (χ1) is 11.1. The molecule has 1 N–H and O–H groups in total. The van der Waals surface area contributed by atoms with Crippen LogP contribution in [0.4, 0.5) is 0 Å². The third kappa shape index (κ3) is 2.38. The smallest absolute Gasteiger partial charge is 0.254 e. The van der Waals surface area contributed by atoms with Gasteiger partial charge >= 0.3 is 0 Å². The Bertz CT molecular complexity index is 768. The Morgan fingerprint density at radius 2 is 1.96 bits per heavy atom. The molecular formula is C19H21NO3. The fourth-order valence-electron chi connectivity index (χ4n) is 3.75. The summed E-state index contributed by atoms with van der Waals surface area (Å²) in [6.07, 6.45) is 2.87. The minimum absolute atomic E-state index is 0.000396. The second-order valence-electron chi connectivity index (χ2n) is 6.72. The molecule has 4 nitrogen and oxygen atoms in total. The first-order valence-electron chi connectivity index (χ1n) is 8.20. The summed E-state index contributed by atoms with van der Waals surface area (Å²) in [7, 11) is 1.64. The van der Waals surface area contributed by atoms with Gasteiger partial charge in [0, 0.05) is 17.5 Å². The van der Waals surface area contributed by atoms with Crippen molar-refractivity contribution in [1.29, 1.82) is 0 Å². The van der Waals surface area contributed by atoms with Gasteiger partial charge in [-0.05, 0) is 42.7 Å². The lowest BCUT2D eigenvalue weighted by Gasteiger charge is -2.23. The number of hydrogen-bond donors (Lipinski definition) is 1. The number of β-amino-alcohol motifs (C(OH)–C–C–N with tert-alkyl or cyclic N) is 1. The average molecular weight is 311 g/mol. The number of likely N-dealkylation sites (tertiary alicyclic amines) is 1. The minimum atomic E-state index is -0.669. The zero-order chi connectivity index (χ0) is 16.0. The first-order valence-corrected chi connectivity index (χ1v) is 8.20. The molecule has 1 aliphatic heterocycles. The van der Waals surface area contributed by atoms with Crippen LogP contribution in [0.25, 0.3) is 10.8 Å². The van der Waals surface area contributed by atoms with Crippen LogP contribution in [0.5, 0.6) is 5.75 Å². The summed E-state index contributed by atoms with van der Waals surface area (Å²) >= 11 is 0. The maximum Gasteiger partial charge on any atom is 0.254 e. The van der Waals surface area contributed by atoms with Crippen molar-refractivity contribution in [3.63, 3.8) is 0 Å². The molecule has 0 bridgehead atoms. The van der Waals surface area contributed by atoms with E-state index < -0.39 is 5.60 Å². The number of rotatable bonds is 3. The van der Waals surface area contributed by atoms with Crippen LogP contribution in [0.15, 0.2) is 36.4 Å². The Morgan fingerprint density at radius 3 is 2.65 bits per heavy atom. The summed E-state index contributed by atoms with van der Waals surface area (Å²) < 4.78 is 5.40. The molecule has 1 heterocycles. The highest BCUT2D eigenvalue weighted by Crippen LogP contribution is 2.44. The molecule has 2 aromatic rings. The summed E-state index contributed by atoms with van der Waals surface area (Å²) in [4.78, 5) is 14.8. The van der Waals surface area contributed by atoms with E-state index in [2.05, 4.69) is 0 Å².